The van der Waals surface area contributed by atoms with Gasteiger partial charge in [-0.1, -0.05) is 30.3 Å². The van der Waals surface area contributed by atoms with Crippen molar-refractivity contribution in [1.82, 2.24) is 4.90 Å². The third-order valence-corrected chi connectivity index (χ3v) is 5.20. The van der Waals surface area contributed by atoms with Crippen molar-refractivity contribution in [2.45, 2.75) is 12.8 Å². The second kappa shape index (κ2) is 5.31. The van der Waals surface area contributed by atoms with E-state index in [1.165, 1.54) is 4.90 Å². The van der Waals surface area contributed by atoms with Crippen LogP contribution in [0.3, 0.4) is 0 Å². The number of halogens is 2. The maximum Gasteiger partial charge on any atom is 0.256 e. The largest absolute Gasteiger partial charge is 0.369 e. The summed E-state index contributed by atoms with van der Waals surface area (Å²) in [5.74, 6) is -0.149. The van der Waals surface area contributed by atoms with Crippen molar-refractivity contribution in [3.05, 3.63) is 68.1 Å². The van der Waals surface area contributed by atoms with Crippen LogP contribution >= 0.6 is 31.9 Å². The van der Waals surface area contributed by atoms with Gasteiger partial charge in [-0.15, -0.1) is 0 Å². The Hall–Kier alpha value is -1.17. The van der Waals surface area contributed by atoms with Crippen LogP contribution in [-0.4, -0.2) is 15.9 Å². The SMILES string of the molecule is O=C1c2cc(Br)c(Br)cc2C(O)N1Cc1ccccc1. The lowest BCUT2D eigenvalue weighted by molar-refractivity contribution is 0.0137. The number of nitrogens with zero attached hydrogens (tertiary/aromatic N) is 1. The van der Waals surface area contributed by atoms with Gasteiger partial charge in [0.15, 0.2) is 6.23 Å². The minimum Gasteiger partial charge on any atom is -0.369 e. The Morgan fingerprint density at radius 3 is 2.45 bits per heavy atom. The Morgan fingerprint density at radius 1 is 1.10 bits per heavy atom. The summed E-state index contributed by atoms with van der Waals surface area (Å²) in [4.78, 5) is 13.9. The highest BCUT2D eigenvalue weighted by atomic mass is 79.9. The smallest absolute Gasteiger partial charge is 0.256 e. The van der Waals surface area contributed by atoms with Gasteiger partial charge in [0.05, 0.1) is 0 Å². The van der Waals surface area contributed by atoms with E-state index in [1.807, 2.05) is 30.3 Å². The monoisotopic (exact) mass is 395 g/mol. The quantitative estimate of drug-likeness (QED) is 0.837. The summed E-state index contributed by atoms with van der Waals surface area (Å²) in [5, 5.41) is 10.4. The molecule has 3 nitrogen and oxygen atoms in total. The van der Waals surface area contributed by atoms with Crippen molar-refractivity contribution < 1.29 is 9.90 Å². The molecule has 0 radical (unpaired) electrons. The molecule has 0 saturated heterocycles. The van der Waals surface area contributed by atoms with Crippen LogP contribution in [0.15, 0.2) is 51.4 Å². The van der Waals surface area contributed by atoms with E-state index in [2.05, 4.69) is 31.9 Å². The molecule has 5 heteroatoms. The molecule has 2 aromatic rings. The molecule has 0 bridgehead atoms. The first-order valence-electron chi connectivity index (χ1n) is 6.10. The first-order valence-corrected chi connectivity index (χ1v) is 7.68. The second-order valence-electron chi connectivity index (χ2n) is 4.65. The normalized spacial score (nSPS) is 17.4. The zero-order chi connectivity index (χ0) is 14.3. The molecule has 3 rings (SSSR count). The van der Waals surface area contributed by atoms with Crippen molar-refractivity contribution >= 4 is 37.8 Å². The highest BCUT2D eigenvalue weighted by molar-refractivity contribution is 9.13. The predicted molar refractivity (Wildman–Crippen MR) is 83.1 cm³/mol. The molecule has 1 heterocycles. The number of carbonyl (C=O) groups is 1. The molecule has 1 N–H and O–H groups in total. The molecule has 0 fully saturated rings. The van der Waals surface area contributed by atoms with Gasteiger partial charge in [-0.2, -0.15) is 0 Å². The van der Waals surface area contributed by atoms with Gasteiger partial charge in [0.2, 0.25) is 0 Å². The van der Waals surface area contributed by atoms with Gasteiger partial charge in [-0.05, 0) is 49.6 Å². The summed E-state index contributed by atoms with van der Waals surface area (Å²) < 4.78 is 1.63. The maximum absolute atomic E-state index is 12.4. The van der Waals surface area contributed by atoms with Crippen LogP contribution < -0.4 is 0 Å². The minimum atomic E-state index is -0.901. The second-order valence-corrected chi connectivity index (χ2v) is 6.35. The lowest BCUT2D eigenvalue weighted by atomic mass is 10.1. The van der Waals surface area contributed by atoms with E-state index in [4.69, 9.17) is 0 Å². The minimum absolute atomic E-state index is 0.149. The van der Waals surface area contributed by atoms with Crippen LogP contribution in [0.5, 0.6) is 0 Å². The lowest BCUT2D eigenvalue weighted by Gasteiger charge is -2.20. The van der Waals surface area contributed by atoms with Gasteiger partial charge in [-0.25, -0.2) is 0 Å². The van der Waals surface area contributed by atoms with Crippen LogP contribution in [0, 0.1) is 0 Å². The summed E-state index contributed by atoms with van der Waals surface area (Å²) in [7, 11) is 0. The van der Waals surface area contributed by atoms with E-state index in [0.717, 1.165) is 14.5 Å². The van der Waals surface area contributed by atoms with Crippen molar-refractivity contribution in [2.24, 2.45) is 0 Å². The van der Waals surface area contributed by atoms with Crippen molar-refractivity contribution in [3.63, 3.8) is 0 Å². The zero-order valence-electron chi connectivity index (χ0n) is 10.4. The Bertz CT molecular complexity index is 673. The van der Waals surface area contributed by atoms with Gasteiger partial charge in [0.25, 0.3) is 5.91 Å². The summed E-state index contributed by atoms with van der Waals surface area (Å²) in [6.07, 6.45) is -0.901. The van der Waals surface area contributed by atoms with Crippen molar-refractivity contribution in [3.8, 4) is 0 Å². The molecule has 20 heavy (non-hydrogen) atoms. The number of hydrogen-bond donors (Lipinski definition) is 1. The van der Waals surface area contributed by atoms with Crippen LogP contribution in [0.25, 0.3) is 0 Å². The van der Waals surface area contributed by atoms with Gasteiger partial charge >= 0.3 is 0 Å². The fraction of sp³-hybridized carbons (Fsp3) is 0.133. The molecule has 1 atom stereocenters. The molecule has 1 amide bonds. The number of aliphatic hydroxyl groups is 1. The molecule has 1 aliphatic rings. The van der Waals surface area contributed by atoms with Crippen LogP contribution in [0.1, 0.15) is 27.7 Å². The third kappa shape index (κ3) is 2.30. The van der Waals surface area contributed by atoms with E-state index in [9.17, 15) is 9.90 Å². The highest BCUT2D eigenvalue weighted by Crippen LogP contribution is 2.37. The van der Waals surface area contributed by atoms with E-state index in [0.29, 0.717) is 17.7 Å². The van der Waals surface area contributed by atoms with E-state index in [1.54, 1.807) is 12.1 Å². The fourth-order valence-electron chi connectivity index (χ4n) is 2.33. The summed E-state index contributed by atoms with van der Waals surface area (Å²) >= 11 is 6.78. The van der Waals surface area contributed by atoms with E-state index >= 15 is 0 Å². The Labute approximate surface area is 133 Å². The molecular weight excluding hydrogens is 386 g/mol. The summed E-state index contributed by atoms with van der Waals surface area (Å²) in [6.45, 7) is 0.394. The Morgan fingerprint density at radius 2 is 1.75 bits per heavy atom. The Kier molecular flexibility index (Phi) is 3.67. The van der Waals surface area contributed by atoms with Crippen LogP contribution in [0.4, 0.5) is 0 Å². The highest BCUT2D eigenvalue weighted by Gasteiger charge is 2.36. The van der Waals surface area contributed by atoms with Gasteiger partial charge in [0.1, 0.15) is 0 Å². The first-order chi connectivity index (χ1) is 9.58. The number of hydrogen-bond acceptors (Lipinski definition) is 2. The average molecular weight is 397 g/mol. The number of aliphatic hydroxyl groups excluding tert-OH is 1. The van der Waals surface area contributed by atoms with E-state index in [-0.39, 0.29) is 5.91 Å². The molecular formula is C15H11Br2NO2. The van der Waals surface area contributed by atoms with Crippen molar-refractivity contribution in [1.29, 1.82) is 0 Å². The molecule has 0 saturated carbocycles. The Balaban J connectivity index is 1.95. The first kappa shape index (κ1) is 13.8. The fourth-order valence-corrected chi connectivity index (χ4v) is 3.04. The number of carbonyl (C=O) groups excluding carboxylic acids is 1. The van der Waals surface area contributed by atoms with Crippen molar-refractivity contribution in [2.75, 3.05) is 0 Å². The van der Waals surface area contributed by atoms with Crippen LogP contribution in [0.2, 0.25) is 0 Å². The molecule has 102 valence electrons. The maximum atomic E-state index is 12.4. The van der Waals surface area contributed by atoms with Gasteiger partial charge in [0, 0.05) is 26.6 Å². The predicted octanol–water partition coefficient (Wildman–Crippen LogP) is 3.86. The molecule has 2 aromatic carbocycles. The lowest BCUT2D eigenvalue weighted by Crippen LogP contribution is -2.27. The third-order valence-electron chi connectivity index (χ3n) is 3.35. The topological polar surface area (TPSA) is 40.5 Å². The van der Waals surface area contributed by atoms with E-state index < -0.39 is 6.23 Å². The van der Waals surface area contributed by atoms with Gasteiger partial charge in [-0.3, -0.25) is 4.79 Å². The summed E-state index contributed by atoms with van der Waals surface area (Å²) in [6, 6.07) is 13.2. The average Bonchev–Trinajstić information content (AvgIpc) is 2.66. The number of amides is 1. The number of fused-ring (bicyclic) bond motifs is 1. The zero-order valence-corrected chi connectivity index (χ0v) is 13.6. The molecule has 1 aliphatic heterocycles. The summed E-state index contributed by atoms with van der Waals surface area (Å²) in [5.41, 5.74) is 2.18. The number of benzene rings is 2. The standard InChI is InChI=1S/C15H11Br2NO2/c16-12-6-10-11(7-13(12)17)15(20)18(14(10)19)8-9-4-2-1-3-5-9/h1-7,14,19H,8H2. The molecule has 1 unspecified atom stereocenters. The number of rotatable bonds is 2. The van der Waals surface area contributed by atoms with Crippen LogP contribution in [-0.2, 0) is 6.54 Å². The molecule has 0 aliphatic carbocycles. The molecule has 0 spiro atoms. The van der Waals surface area contributed by atoms with Gasteiger partial charge < -0.3 is 10.0 Å². The molecule has 0 aromatic heterocycles.